The molecule has 0 bridgehead atoms. The van der Waals surface area contributed by atoms with Gasteiger partial charge in [0.25, 0.3) is 11.8 Å². The van der Waals surface area contributed by atoms with E-state index in [1.165, 1.54) is 11.1 Å². The van der Waals surface area contributed by atoms with Gasteiger partial charge in [0.2, 0.25) is 5.88 Å². The molecule has 152 valence electrons. The summed E-state index contributed by atoms with van der Waals surface area (Å²) in [6.45, 7) is -0.286. The number of fused-ring (bicyclic) bond motifs is 2. The zero-order chi connectivity index (χ0) is 20.7. The Labute approximate surface area is 170 Å². The van der Waals surface area contributed by atoms with Gasteiger partial charge in [0.1, 0.15) is 0 Å². The number of para-hydroxylation sites is 1. The number of alkyl halides is 2. The fraction of sp³-hybridized carbons (Fsp3) is 0.227. The average Bonchev–Trinajstić information content (AvgIpc) is 3.19. The molecule has 4 heterocycles. The van der Waals surface area contributed by atoms with Gasteiger partial charge in [0.05, 0.1) is 29.3 Å². The van der Waals surface area contributed by atoms with Gasteiger partial charge in [-0.1, -0.05) is 24.3 Å². The van der Waals surface area contributed by atoms with Gasteiger partial charge in [-0.25, -0.2) is 18.3 Å². The number of ether oxygens (including phenoxy) is 1. The third-order valence-corrected chi connectivity index (χ3v) is 5.35. The first-order chi connectivity index (χ1) is 14.5. The fourth-order valence-electron chi connectivity index (χ4n) is 3.71. The number of benzene rings is 1. The van der Waals surface area contributed by atoms with Gasteiger partial charge in [-0.3, -0.25) is 4.79 Å². The normalized spacial score (nSPS) is 18.6. The van der Waals surface area contributed by atoms with Crippen molar-refractivity contribution in [1.29, 1.82) is 0 Å². The van der Waals surface area contributed by atoms with Gasteiger partial charge >= 0.3 is 0 Å². The van der Waals surface area contributed by atoms with Crippen LogP contribution in [0.4, 0.5) is 8.78 Å². The molecule has 5 rings (SSSR count). The Morgan fingerprint density at radius 2 is 1.93 bits per heavy atom. The van der Waals surface area contributed by atoms with Crippen LogP contribution < -0.4 is 4.74 Å². The van der Waals surface area contributed by atoms with E-state index in [0.717, 1.165) is 5.39 Å². The third kappa shape index (κ3) is 3.24. The van der Waals surface area contributed by atoms with E-state index in [9.17, 15) is 13.6 Å². The maximum absolute atomic E-state index is 14.6. The third-order valence-electron chi connectivity index (χ3n) is 5.35. The molecule has 3 aromatic heterocycles. The van der Waals surface area contributed by atoms with Crippen LogP contribution in [0.3, 0.4) is 0 Å². The molecule has 1 fully saturated rings. The summed E-state index contributed by atoms with van der Waals surface area (Å²) >= 11 is 0. The topological polar surface area (TPSA) is 59.7 Å². The minimum Gasteiger partial charge on any atom is -0.466 e. The predicted octanol–water partition coefficient (Wildman–Crippen LogP) is 3.81. The smallest absolute Gasteiger partial charge is 0.287 e. The number of likely N-dealkylation sites (tertiary alicyclic amines) is 1. The van der Waals surface area contributed by atoms with Crippen molar-refractivity contribution >= 4 is 22.3 Å². The summed E-state index contributed by atoms with van der Waals surface area (Å²) in [6, 6.07) is 16.1. The Kier molecular flexibility index (Phi) is 4.34. The number of carbonyl (C=O) groups excluding carboxylic acids is 1. The van der Waals surface area contributed by atoms with E-state index in [1.807, 2.05) is 18.2 Å². The molecule has 6 nitrogen and oxygen atoms in total. The van der Waals surface area contributed by atoms with E-state index in [0.29, 0.717) is 16.6 Å². The Balaban J connectivity index is 1.39. The lowest BCUT2D eigenvalue weighted by Gasteiger charge is -2.37. The van der Waals surface area contributed by atoms with Gasteiger partial charge in [0.15, 0.2) is 6.10 Å². The number of amides is 1. The highest BCUT2D eigenvalue weighted by Crippen LogP contribution is 2.32. The highest BCUT2D eigenvalue weighted by molar-refractivity contribution is 6.00. The monoisotopic (exact) mass is 408 g/mol. The zero-order valence-electron chi connectivity index (χ0n) is 15.9. The van der Waals surface area contributed by atoms with E-state index in [-0.39, 0.29) is 24.9 Å². The van der Waals surface area contributed by atoms with E-state index in [1.54, 1.807) is 47.1 Å². The van der Waals surface area contributed by atoms with Crippen molar-refractivity contribution in [1.82, 2.24) is 19.5 Å². The second-order valence-electron chi connectivity index (χ2n) is 7.30. The van der Waals surface area contributed by atoms with Gasteiger partial charge in [0, 0.05) is 30.6 Å². The lowest BCUT2D eigenvalue weighted by molar-refractivity contribution is -0.131. The number of rotatable bonds is 3. The minimum absolute atomic E-state index is 0.0545. The second-order valence-corrected chi connectivity index (χ2v) is 7.30. The summed E-state index contributed by atoms with van der Waals surface area (Å²) in [5.41, 5.74) is 1.67. The number of halogens is 2. The SMILES string of the molecule is O=C(c1cnn2ccccc12)N1CCC(F)(F)[C@@H](Oc2ccc3ccccc3n2)C1. The van der Waals surface area contributed by atoms with Crippen molar-refractivity contribution in [3.8, 4) is 5.88 Å². The molecule has 1 aliphatic rings. The van der Waals surface area contributed by atoms with Crippen LogP contribution in [0.5, 0.6) is 5.88 Å². The van der Waals surface area contributed by atoms with Crippen molar-refractivity contribution in [2.75, 3.05) is 13.1 Å². The molecule has 0 aliphatic carbocycles. The summed E-state index contributed by atoms with van der Waals surface area (Å²) < 4.78 is 36.4. The number of hydrogen-bond acceptors (Lipinski definition) is 4. The predicted molar refractivity (Wildman–Crippen MR) is 107 cm³/mol. The first kappa shape index (κ1) is 18.5. The van der Waals surface area contributed by atoms with Crippen LogP contribution in [0.15, 0.2) is 67.0 Å². The maximum atomic E-state index is 14.6. The minimum atomic E-state index is -3.06. The average molecular weight is 408 g/mol. The second kappa shape index (κ2) is 7.05. The molecule has 1 aromatic carbocycles. The number of carbonyl (C=O) groups is 1. The van der Waals surface area contributed by atoms with Crippen LogP contribution in [0.2, 0.25) is 0 Å². The van der Waals surface area contributed by atoms with Crippen molar-refractivity contribution in [2.45, 2.75) is 18.4 Å². The number of hydrogen-bond donors (Lipinski definition) is 0. The molecule has 1 amide bonds. The largest absolute Gasteiger partial charge is 0.466 e. The molecule has 1 aliphatic heterocycles. The van der Waals surface area contributed by atoms with E-state index in [2.05, 4.69) is 10.1 Å². The van der Waals surface area contributed by atoms with Crippen LogP contribution in [0, 0.1) is 0 Å². The molecule has 0 spiro atoms. The van der Waals surface area contributed by atoms with Crippen molar-refractivity contribution in [2.24, 2.45) is 0 Å². The highest BCUT2D eigenvalue weighted by Gasteiger charge is 2.47. The molecular weight excluding hydrogens is 390 g/mol. The number of nitrogens with zero attached hydrogens (tertiary/aromatic N) is 4. The Hall–Kier alpha value is -3.55. The summed E-state index contributed by atoms with van der Waals surface area (Å²) in [7, 11) is 0. The molecular formula is C22H18F2N4O2. The molecule has 1 atom stereocenters. The van der Waals surface area contributed by atoms with E-state index >= 15 is 0 Å². The van der Waals surface area contributed by atoms with Gasteiger partial charge < -0.3 is 9.64 Å². The van der Waals surface area contributed by atoms with Crippen LogP contribution in [-0.2, 0) is 0 Å². The van der Waals surface area contributed by atoms with Gasteiger partial charge in [-0.15, -0.1) is 0 Å². The maximum Gasteiger partial charge on any atom is 0.287 e. The molecule has 0 N–H and O–H groups in total. The van der Waals surface area contributed by atoms with Crippen molar-refractivity contribution < 1.29 is 18.3 Å². The molecule has 0 unspecified atom stereocenters. The number of pyridine rings is 2. The van der Waals surface area contributed by atoms with Crippen LogP contribution in [-0.4, -0.2) is 50.5 Å². The first-order valence-electron chi connectivity index (χ1n) is 9.63. The van der Waals surface area contributed by atoms with Crippen LogP contribution >= 0.6 is 0 Å². The molecule has 1 saturated heterocycles. The number of aromatic nitrogens is 3. The Morgan fingerprint density at radius 1 is 1.10 bits per heavy atom. The Morgan fingerprint density at radius 3 is 2.83 bits per heavy atom. The zero-order valence-corrected chi connectivity index (χ0v) is 15.9. The summed E-state index contributed by atoms with van der Waals surface area (Å²) in [4.78, 5) is 18.7. The first-order valence-corrected chi connectivity index (χ1v) is 9.63. The van der Waals surface area contributed by atoms with Gasteiger partial charge in [-0.2, -0.15) is 5.10 Å². The highest BCUT2D eigenvalue weighted by atomic mass is 19.3. The molecule has 4 aromatic rings. The van der Waals surface area contributed by atoms with Gasteiger partial charge in [-0.05, 0) is 24.3 Å². The van der Waals surface area contributed by atoms with E-state index < -0.39 is 18.4 Å². The molecule has 0 radical (unpaired) electrons. The summed E-state index contributed by atoms with van der Waals surface area (Å²) in [5, 5.41) is 5.05. The standard InChI is InChI=1S/C22H18F2N4O2/c23-22(24)10-12-27(21(29)16-13-25-28-11-4-3-7-18(16)28)14-19(22)30-20-9-8-15-5-1-2-6-17(15)26-20/h1-9,11,13,19H,10,12,14H2/t19-/m0/s1. The Bertz CT molecular complexity index is 1240. The molecule has 30 heavy (non-hydrogen) atoms. The molecule has 8 heteroatoms. The van der Waals surface area contributed by atoms with Crippen molar-refractivity contribution in [3.63, 3.8) is 0 Å². The lowest BCUT2D eigenvalue weighted by atomic mass is 10.0. The quantitative estimate of drug-likeness (QED) is 0.517. The fourth-order valence-corrected chi connectivity index (χ4v) is 3.71. The van der Waals surface area contributed by atoms with Crippen LogP contribution in [0.25, 0.3) is 16.4 Å². The molecule has 0 saturated carbocycles. The number of piperidine rings is 1. The van der Waals surface area contributed by atoms with Crippen LogP contribution in [0.1, 0.15) is 16.8 Å². The summed E-state index contributed by atoms with van der Waals surface area (Å²) in [6.07, 6.45) is 1.24. The van der Waals surface area contributed by atoms with E-state index in [4.69, 9.17) is 4.74 Å². The van der Waals surface area contributed by atoms with Crippen molar-refractivity contribution in [3.05, 3.63) is 72.6 Å². The summed E-state index contributed by atoms with van der Waals surface area (Å²) in [5.74, 6) is -3.29. The lowest BCUT2D eigenvalue weighted by Crippen LogP contribution is -2.55.